The van der Waals surface area contributed by atoms with Gasteiger partial charge < -0.3 is 4.74 Å². The van der Waals surface area contributed by atoms with Gasteiger partial charge in [0, 0.05) is 30.9 Å². The Morgan fingerprint density at radius 1 is 1.31 bits per heavy atom. The second-order valence-electron chi connectivity index (χ2n) is 3.56. The van der Waals surface area contributed by atoms with Gasteiger partial charge in [0.2, 0.25) is 5.60 Å². The Bertz CT molecular complexity index is 473. The Balaban J connectivity index is 3.04. The summed E-state index contributed by atoms with van der Waals surface area (Å²) in [7, 11) is 0. The van der Waals surface area contributed by atoms with Crippen molar-refractivity contribution in [3.05, 3.63) is 11.1 Å². The van der Waals surface area contributed by atoms with Gasteiger partial charge in [-0.25, -0.2) is 0 Å². The molecule has 0 saturated heterocycles. The number of rotatable bonds is 1. The Morgan fingerprint density at radius 3 is 2.38 bits per heavy atom. The molecule has 0 N–H and O–H groups in total. The summed E-state index contributed by atoms with van der Waals surface area (Å²) in [4.78, 5) is 10.9. The normalized spacial score (nSPS) is 23.9. The average molecular weight is 215 g/mol. The number of nitriles is 3. The van der Waals surface area contributed by atoms with Crippen LogP contribution in [0, 0.1) is 34.0 Å². The highest BCUT2D eigenvalue weighted by molar-refractivity contribution is 5.67. The summed E-state index contributed by atoms with van der Waals surface area (Å²) in [6.07, 6.45) is 0.555. The maximum atomic E-state index is 10.9. The number of nitrogens with zero attached hydrogens (tertiary/aromatic N) is 3. The first-order chi connectivity index (χ1) is 7.56. The van der Waals surface area contributed by atoms with Gasteiger partial charge in [0.05, 0.1) is 12.1 Å². The zero-order valence-corrected chi connectivity index (χ0v) is 8.78. The van der Waals surface area contributed by atoms with Gasteiger partial charge in [0.1, 0.15) is 6.07 Å². The number of esters is 1. The van der Waals surface area contributed by atoms with Gasteiger partial charge in [0.15, 0.2) is 0 Å². The minimum atomic E-state index is -1.28. The van der Waals surface area contributed by atoms with Crippen LogP contribution >= 0.6 is 0 Å². The van der Waals surface area contributed by atoms with Crippen molar-refractivity contribution in [2.24, 2.45) is 0 Å². The third kappa shape index (κ3) is 2.19. The predicted octanol–water partition coefficient (Wildman–Crippen LogP) is 1.34. The van der Waals surface area contributed by atoms with Gasteiger partial charge in [-0.1, -0.05) is 0 Å². The lowest BCUT2D eigenvalue weighted by atomic mass is 9.82. The largest absolute Gasteiger partial charge is 0.443 e. The van der Waals surface area contributed by atoms with E-state index in [2.05, 4.69) is 0 Å². The summed E-state index contributed by atoms with van der Waals surface area (Å²) in [6.45, 7) is 1.22. The van der Waals surface area contributed by atoms with E-state index in [1.165, 1.54) is 6.92 Å². The molecule has 1 atom stereocenters. The molecule has 0 amide bonds. The number of allylic oxidation sites excluding steroid dienone is 1. The average Bonchev–Trinajstić information content (AvgIpc) is 2.28. The first-order valence-electron chi connectivity index (χ1n) is 4.70. The predicted molar refractivity (Wildman–Crippen MR) is 52.2 cm³/mol. The monoisotopic (exact) mass is 215 g/mol. The lowest BCUT2D eigenvalue weighted by Crippen LogP contribution is -2.35. The molecular weight excluding hydrogens is 206 g/mol. The molecule has 1 aliphatic carbocycles. The van der Waals surface area contributed by atoms with E-state index in [1.807, 2.05) is 18.2 Å². The molecule has 0 aromatic rings. The van der Waals surface area contributed by atoms with Crippen molar-refractivity contribution in [1.29, 1.82) is 15.8 Å². The number of ether oxygens (including phenoxy) is 1. The maximum absolute atomic E-state index is 10.9. The van der Waals surface area contributed by atoms with Crippen molar-refractivity contribution in [1.82, 2.24) is 0 Å². The van der Waals surface area contributed by atoms with Crippen LogP contribution in [0.2, 0.25) is 0 Å². The first kappa shape index (κ1) is 11.8. The molecule has 0 aromatic carbocycles. The molecule has 0 heterocycles. The number of hydrogen-bond donors (Lipinski definition) is 0. The number of hydrogen-bond acceptors (Lipinski definition) is 5. The van der Waals surface area contributed by atoms with Crippen molar-refractivity contribution >= 4 is 5.97 Å². The summed E-state index contributed by atoms with van der Waals surface area (Å²) >= 11 is 0. The van der Waals surface area contributed by atoms with Crippen LogP contribution in [-0.4, -0.2) is 11.6 Å². The summed E-state index contributed by atoms with van der Waals surface area (Å²) in [5, 5.41) is 26.6. The van der Waals surface area contributed by atoms with Crippen molar-refractivity contribution in [2.45, 2.75) is 31.8 Å². The third-order valence-corrected chi connectivity index (χ3v) is 2.42. The molecule has 0 bridgehead atoms. The molecule has 1 unspecified atom stereocenters. The van der Waals surface area contributed by atoms with Crippen LogP contribution in [0.5, 0.6) is 0 Å². The van der Waals surface area contributed by atoms with E-state index >= 15 is 0 Å². The molecule has 80 valence electrons. The molecule has 5 nitrogen and oxygen atoms in total. The highest BCUT2D eigenvalue weighted by Crippen LogP contribution is 2.34. The minimum absolute atomic E-state index is 0.00245. The first-order valence-corrected chi connectivity index (χ1v) is 4.70. The lowest BCUT2D eigenvalue weighted by molar-refractivity contribution is -0.152. The van der Waals surface area contributed by atoms with Crippen LogP contribution in [0.25, 0.3) is 0 Å². The fourth-order valence-electron chi connectivity index (χ4n) is 1.67. The van der Waals surface area contributed by atoms with Crippen molar-refractivity contribution in [2.75, 3.05) is 0 Å². The smallest absolute Gasteiger partial charge is 0.304 e. The van der Waals surface area contributed by atoms with Crippen molar-refractivity contribution in [3.63, 3.8) is 0 Å². The van der Waals surface area contributed by atoms with Gasteiger partial charge in [-0.3, -0.25) is 4.79 Å². The number of carbonyl (C=O) groups is 1. The molecule has 0 fully saturated rings. The zero-order chi connectivity index (χ0) is 12.2. The van der Waals surface area contributed by atoms with Gasteiger partial charge in [0.25, 0.3) is 0 Å². The summed E-state index contributed by atoms with van der Waals surface area (Å²) < 4.78 is 4.96. The molecule has 16 heavy (non-hydrogen) atoms. The van der Waals surface area contributed by atoms with Crippen LogP contribution in [0.3, 0.4) is 0 Å². The third-order valence-electron chi connectivity index (χ3n) is 2.42. The standard InChI is InChI=1S/C11H9N3O2/c1-8(15)16-11(7-14)3-2-9(5-12)10(4-11)6-13/h2-4H2,1H3. The summed E-state index contributed by atoms with van der Waals surface area (Å²) in [6, 6.07) is 5.73. The molecule has 0 aromatic heterocycles. The van der Waals surface area contributed by atoms with Crippen LogP contribution < -0.4 is 0 Å². The van der Waals surface area contributed by atoms with E-state index in [4.69, 9.17) is 20.5 Å². The molecule has 0 saturated carbocycles. The van der Waals surface area contributed by atoms with E-state index < -0.39 is 11.6 Å². The molecule has 0 radical (unpaired) electrons. The van der Waals surface area contributed by atoms with E-state index in [0.29, 0.717) is 12.0 Å². The Kier molecular flexibility index (Phi) is 3.28. The molecular formula is C11H9N3O2. The van der Waals surface area contributed by atoms with Crippen LogP contribution in [0.1, 0.15) is 26.2 Å². The fourth-order valence-corrected chi connectivity index (χ4v) is 1.67. The number of carbonyl (C=O) groups excluding carboxylic acids is 1. The molecule has 5 heteroatoms. The second kappa shape index (κ2) is 4.47. The molecule has 1 aliphatic rings. The van der Waals surface area contributed by atoms with E-state index in [-0.39, 0.29) is 18.4 Å². The van der Waals surface area contributed by atoms with Gasteiger partial charge in [-0.05, 0) is 6.42 Å². The van der Waals surface area contributed by atoms with Crippen LogP contribution in [0.4, 0.5) is 0 Å². The van der Waals surface area contributed by atoms with Crippen LogP contribution in [-0.2, 0) is 9.53 Å². The van der Waals surface area contributed by atoms with Crippen LogP contribution in [0.15, 0.2) is 11.1 Å². The zero-order valence-electron chi connectivity index (χ0n) is 8.78. The van der Waals surface area contributed by atoms with Crippen molar-refractivity contribution < 1.29 is 9.53 Å². The Morgan fingerprint density at radius 2 is 1.94 bits per heavy atom. The summed E-state index contributed by atoms with van der Waals surface area (Å²) in [5.74, 6) is -0.556. The minimum Gasteiger partial charge on any atom is -0.443 e. The van der Waals surface area contributed by atoms with E-state index in [9.17, 15) is 4.79 Å². The molecule has 0 aliphatic heterocycles. The Hall–Kier alpha value is -2.32. The van der Waals surface area contributed by atoms with Gasteiger partial charge in [-0.15, -0.1) is 0 Å². The van der Waals surface area contributed by atoms with E-state index in [0.717, 1.165) is 0 Å². The van der Waals surface area contributed by atoms with Crippen molar-refractivity contribution in [3.8, 4) is 18.2 Å². The van der Waals surface area contributed by atoms with Gasteiger partial charge in [-0.2, -0.15) is 15.8 Å². The lowest BCUT2D eigenvalue weighted by Gasteiger charge is -2.29. The fraction of sp³-hybridized carbons (Fsp3) is 0.455. The van der Waals surface area contributed by atoms with E-state index in [1.54, 1.807) is 0 Å². The topological polar surface area (TPSA) is 97.7 Å². The maximum Gasteiger partial charge on any atom is 0.304 e. The highest BCUT2D eigenvalue weighted by Gasteiger charge is 2.39. The van der Waals surface area contributed by atoms with Gasteiger partial charge >= 0.3 is 5.97 Å². The SMILES string of the molecule is CC(=O)OC1(C#N)CCC(C#N)=C(C#N)C1. The molecule has 0 spiro atoms. The molecule has 1 rings (SSSR count). The highest BCUT2D eigenvalue weighted by atomic mass is 16.6. The second-order valence-corrected chi connectivity index (χ2v) is 3.56. The Labute approximate surface area is 93.1 Å². The quantitative estimate of drug-likeness (QED) is 0.614. The summed E-state index contributed by atoms with van der Waals surface area (Å²) in [5.41, 5.74) is -0.672.